The lowest BCUT2D eigenvalue weighted by Gasteiger charge is -2.09. The van der Waals surface area contributed by atoms with Gasteiger partial charge < -0.3 is 11.1 Å². The van der Waals surface area contributed by atoms with Gasteiger partial charge in [-0.25, -0.2) is 4.98 Å². The van der Waals surface area contributed by atoms with Crippen LogP contribution in [-0.4, -0.2) is 15.9 Å². The summed E-state index contributed by atoms with van der Waals surface area (Å²) >= 11 is 0. The Hall–Kier alpha value is -2.95. The van der Waals surface area contributed by atoms with Crippen LogP contribution in [0.25, 0.3) is 10.9 Å². The average molecular weight is 264 g/mol. The van der Waals surface area contributed by atoms with E-state index < -0.39 is 5.91 Å². The topological polar surface area (TPSA) is 80.9 Å². The van der Waals surface area contributed by atoms with Crippen molar-refractivity contribution in [3.05, 3.63) is 60.6 Å². The molecule has 3 N–H and O–H groups in total. The van der Waals surface area contributed by atoms with E-state index in [2.05, 4.69) is 15.3 Å². The molecule has 1 amide bonds. The Bertz CT molecular complexity index is 763. The minimum atomic E-state index is -0.536. The monoisotopic (exact) mass is 264 g/mol. The quantitative estimate of drug-likeness (QED) is 0.761. The van der Waals surface area contributed by atoms with E-state index >= 15 is 0 Å². The van der Waals surface area contributed by atoms with Crippen LogP contribution in [0, 0.1) is 0 Å². The maximum atomic E-state index is 11.0. The Morgan fingerprint density at radius 2 is 1.90 bits per heavy atom. The van der Waals surface area contributed by atoms with E-state index in [-0.39, 0.29) is 5.69 Å². The molecule has 0 aliphatic heterocycles. The summed E-state index contributed by atoms with van der Waals surface area (Å²) in [4.78, 5) is 19.3. The fourth-order valence-corrected chi connectivity index (χ4v) is 1.97. The summed E-state index contributed by atoms with van der Waals surface area (Å²) in [7, 11) is 0. The third-order valence-corrected chi connectivity index (χ3v) is 2.94. The molecule has 2 aromatic heterocycles. The number of aromatic nitrogens is 2. The molecule has 5 heteroatoms. The van der Waals surface area contributed by atoms with Crippen molar-refractivity contribution in [2.24, 2.45) is 5.73 Å². The second kappa shape index (κ2) is 4.97. The highest BCUT2D eigenvalue weighted by Crippen LogP contribution is 2.24. The lowest BCUT2D eigenvalue weighted by Crippen LogP contribution is -2.12. The van der Waals surface area contributed by atoms with E-state index in [1.807, 2.05) is 30.3 Å². The van der Waals surface area contributed by atoms with Gasteiger partial charge in [0, 0.05) is 17.3 Å². The molecule has 0 radical (unpaired) electrons. The second-order valence-electron chi connectivity index (χ2n) is 4.30. The number of hydrogen-bond donors (Lipinski definition) is 2. The number of fused-ring (bicyclic) bond motifs is 1. The number of para-hydroxylation sites is 1. The van der Waals surface area contributed by atoms with Gasteiger partial charge in [-0.1, -0.05) is 18.2 Å². The number of nitrogens with one attached hydrogen (secondary N) is 1. The Morgan fingerprint density at radius 1 is 1.05 bits per heavy atom. The molecule has 0 saturated heterocycles. The first-order valence-corrected chi connectivity index (χ1v) is 6.11. The minimum Gasteiger partial charge on any atom is -0.364 e. The zero-order valence-electron chi connectivity index (χ0n) is 10.6. The average Bonchev–Trinajstić information content (AvgIpc) is 2.48. The molecule has 0 fully saturated rings. The van der Waals surface area contributed by atoms with Crippen molar-refractivity contribution >= 4 is 28.2 Å². The van der Waals surface area contributed by atoms with Crippen LogP contribution in [0.1, 0.15) is 10.5 Å². The molecule has 98 valence electrons. The molecular formula is C15H12N4O. The SMILES string of the molecule is NC(=O)c1ccc(Nc2ccnc3ccccc23)cn1. The van der Waals surface area contributed by atoms with Crippen molar-refractivity contribution in [3.63, 3.8) is 0 Å². The number of rotatable bonds is 3. The molecule has 0 aliphatic carbocycles. The zero-order chi connectivity index (χ0) is 13.9. The highest BCUT2D eigenvalue weighted by atomic mass is 16.1. The summed E-state index contributed by atoms with van der Waals surface area (Å²) in [6, 6.07) is 13.1. The molecule has 0 unspecified atom stereocenters. The smallest absolute Gasteiger partial charge is 0.267 e. The van der Waals surface area contributed by atoms with Crippen molar-refractivity contribution in [2.45, 2.75) is 0 Å². The predicted molar refractivity (Wildman–Crippen MR) is 77.8 cm³/mol. The largest absolute Gasteiger partial charge is 0.364 e. The molecule has 3 rings (SSSR count). The number of hydrogen-bond acceptors (Lipinski definition) is 4. The van der Waals surface area contributed by atoms with E-state index in [0.29, 0.717) is 0 Å². The van der Waals surface area contributed by atoms with Crippen molar-refractivity contribution < 1.29 is 4.79 Å². The van der Waals surface area contributed by atoms with Crippen LogP contribution >= 0.6 is 0 Å². The Balaban J connectivity index is 1.95. The van der Waals surface area contributed by atoms with Gasteiger partial charge in [-0.2, -0.15) is 0 Å². The van der Waals surface area contributed by atoms with Gasteiger partial charge in [-0.05, 0) is 24.3 Å². The zero-order valence-corrected chi connectivity index (χ0v) is 10.6. The van der Waals surface area contributed by atoms with Crippen LogP contribution in [0.4, 0.5) is 11.4 Å². The number of amides is 1. The third kappa shape index (κ3) is 2.29. The molecule has 0 atom stereocenters. The van der Waals surface area contributed by atoms with Gasteiger partial charge >= 0.3 is 0 Å². The summed E-state index contributed by atoms with van der Waals surface area (Å²) in [5, 5.41) is 4.28. The Labute approximate surface area is 115 Å². The molecule has 20 heavy (non-hydrogen) atoms. The van der Waals surface area contributed by atoms with E-state index in [9.17, 15) is 4.79 Å². The maximum Gasteiger partial charge on any atom is 0.267 e. The summed E-state index contributed by atoms with van der Waals surface area (Å²) in [6.07, 6.45) is 3.32. The molecule has 2 heterocycles. The molecule has 1 aromatic carbocycles. The van der Waals surface area contributed by atoms with Gasteiger partial charge in [-0.15, -0.1) is 0 Å². The van der Waals surface area contributed by atoms with Gasteiger partial charge in [0.15, 0.2) is 0 Å². The molecular weight excluding hydrogens is 252 g/mol. The third-order valence-electron chi connectivity index (χ3n) is 2.94. The first-order valence-electron chi connectivity index (χ1n) is 6.11. The van der Waals surface area contributed by atoms with Crippen LogP contribution in [0.5, 0.6) is 0 Å². The van der Waals surface area contributed by atoms with Crippen LogP contribution in [0.2, 0.25) is 0 Å². The maximum absolute atomic E-state index is 11.0. The van der Waals surface area contributed by atoms with Crippen LogP contribution in [0.15, 0.2) is 54.9 Å². The highest BCUT2D eigenvalue weighted by Gasteiger charge is 2.04. The Morgan fingerprint density at radius 3 is 2.65 bits per heavy atom. The van der Waals surface area contributed by atoms with Crippen molar-refractivity contribution in [3.8, 4) is 0 Å². The number of primary amides is 1. The first kappa shape index (κ1) is 12.1. The van der Waals surface area contributed by atoms with Crippen molar-refractivity contribution in [2.75, 3.05) is 5.32 Å². The molecule has 0 spiro atoms. The van der Waals surface area contributed by atoms with Gasteiger partial charge in [0.05, 0.1) is 17.4 Å². The van der Waals surface area contributed by atoms with E-state index in [0.717, 1.165) is 22.3 Å². The number of pyridine rings is 2. The molecule has 0 aliphatic rings. The van der Waals surface area contributed by atoms with E-state index in [4.69, 9.17) is 5.73 Å². The lowest BCUT2D eigenvalue weighted by molar-refractivity contribution is 0.0995. The summed E-state index contributed by atoms with van der Waals surface area (Å²) in [6.45, 7) is 0. The summed E-state index contributed by atoms with van der Waals surface area (Å²) < 4.78 is 0. The van der Waals surface area contributed by atoms with Gasteiger partial charge in [0.2, 0.25) is 0 Å². The van der Waals surface area contributed by atoms with Gasteiger partial charge in [0.1, 0.15) is 5.69 Å². The molecule has 0 saturated carbocycles. The number of nitrogens with zero attached hydrogens (tertiary/aromatic N) is 2. The summed E-state index contributed by atoms with van der Waals surface area (Å²) in [5.74, 6) is -0.536. The fraction of sp³-hybridized carbons (Fsp3) is 0. The number of carbonyl (C=O) groups excluding carboxylic acids is 1. The predicted octanol–water partition coefficient (Wildman–Crippen LogP) is 2.47. The first-order chi connectivity index (χ1) is 9.74. The van der Waals surface area contributed by atoms with Crippen LogP contribution in [-0.2, 0) is 0 Å². The highest BCUT2D eigenvalue weighted by molar-refractivity contribution is 5.93. The minimum absolute atomic E-state index is 0.245. The van der Waals surface area contributed by atoms with Gasteiger partial charge in [0.25, 0.3) is 5.91 Å². The number of anilines is 2. The number of nitrogens with two attached hydrogens (primary N) is 1. The standard InChI is InChI=1S/C15H12N4O/c16-15(20)14-6-5-10(9-18-14)19-13-7-8-17-12-4-2-1-3-11(12)13/h1-9H,(H2,16,20)(H,17,19). The van der Waals surface area contributed by atoms with Crippen LogP contribution in [0.3, 0.4) is 0 Å². The fourth-order valence-electron chi connectivity index (χ4n) is 1.97. The normalized spacial score (nSPS) is 10.4. The molecule has 3 aromatic rings. The lowest BCUT2D eigenvalue weighted by atomic mass is 10.2. The number of benzene rings is 1. The molecule has 0 bridgehead atoms. The van der Waals surface area contributed by atoms with Crippen molar-refractivity contribution in [1.29, 1.82) is 0 Å². The van der Waals surface area contributed by atoms with Crippen LogP contribution < -0.4 is 11.1 Å². The Kier molecular flexibility index (Phi) is 3.01. The van der Waals surface area contributed by atoms with E-state index in [1.165, 1.54) is 0 Å². The van der Waals surface area contributed by atoms with E-state index in [1.54, 1.807) is 24.5 Å². The summed E-state index contributed by atoms with van der Waals surface area (Å²) in [5.41, 5.74) is 8.04. The second-order valence-corrected chi connectivity index (χ2v) is 4.30. The van der Waals surface area contributed by atoms with Crippen molar-refractivity contribution in [1.82, 2.24) is 9.97 Å². The van der Waals surface area contributed by atoms with Gasteiger partial charge in [-0.3, -0.25) is 9.78 Å². The molecule has 5 nitrogen and oxygen atoms in total. The number of carbonyl (C=O) groups is 1.